The fourth-order valence-electron chi connectivity index (χ4n) is 2.13. The Kier molecular flexibility index (Phi) is 2.13. The lowest BCUT2D eigenvalue weighted by molar-refractivity contribution is -0.169. The van der Waals surface area contributed by atoms with E-state index in [1.807, 2.05) is 0 Å². The van der Waals surface area contributed by atoms with Crippen LogP contribution in [-0.2, 0) is 9.47 Å². The molecule has 0 aromatic heterocycles. The predicted molar refractivity (Wildman–Crippen MR) is 47.1 cm³/mol. The van der Waals surface area contributed by atoms with Gasteiger partial charge in [-0.15, -0.1) is 0 Å². The summed E-state index contributed by atoms with van der Waals surface area (Å²) in [4.78, 5) is 0. The highest BCUT2D eigenvalue weighted by atomic mass is 16.5. The molecule has 2 heterocycles. The number of rotatable bonds is 0. The van der Waals surface area contributed by atoms with E-state index in [1.165, 1.54) is 12.8 Å². The lowest BCUT2D eigenvalue weighted by Crippen LogP contribution is -2.46. The lowest BCUT2D eigenvalue weighted by Gasteiger charge is -2.42. The van der Waals surface area contributed by atoms with Crippen LogP contribution in [0.4, 0.5) is 0 Å². The van der Waals surface area contributed by atoms with E-state index in [-0.39, 0.29) is 0 Å². The summed E-state index contributed by atoms with van der Waals surface area (Å²) in [6.45, 7) is 6.33. The van der Waals surface area contributed by atoms with Crippen LogP contribution in [-0.4, -0.2) is 25.4 Å². The second kappa shape index (κ2) is 3.00. The van der Waals surface area contributed by atoms with E-state index >= 15 is 0 Å². The van der Waals surface area contributed by atoms with Gasteiger partial charge in [-0.25, -0.2) is 0 Å². The van der Waals surface area contributed by atoms with Crippen molar-refractivity contribution < 1.29 is 9.47 Å². The second-order valence-electron chi connectivity index (χ2n) is 4.77. The van der Waals surface area contributed by atoms with Crippen molar-refractivity contribution in [3.63, 3.8) is 0 Å². The average molecular weight is 170 g/mol. The first-order valence-electron chi connectivity index (χ1n) is 4.91. The molecular weight excluding hydrogens is 152 g/mol. The van der Waals surface area contributed by atoms with Crippen LogP contribution in [0.25, 0.3) is 0 Å². The van der Waals surface area contributed by atoms with E-state index < -0.39 is 0 Å². The highest BCUT2D eigenvalue weighted by Crippen LogP contribution is 2.35. The Morgan fingerprint density at radius 1 is 1.17 bits per heavy atom. The third-order valence-electron chi connectivity index (χ3n) is 2.82. The van der Waals surface area contributed by atoms with E-state index in [4.69, 9.17) is 9.47 Å². The molecule has 0 spiro atoms. The van der Waals surface area contributed by atoms with Crippen LogP contribution in [0.1, 0.15) is 33.1 Å². The van der Waals surface area contributed by atoms with E-state index in [9.17, 15) is 0 Å². The van der Waals surface area contributed by atoms with Gasteiger partial charge in [0.2, 0.25) is 0 Å². The van der Waals surface area contributed by atoms with Gasteiger partial charge < -0.3 is 9.47 Å². The van der Waals surface area contributed by atoms with Crippen molar-refractivity contribution in [2.75, 3.05) is 13.2 Å². The minimum Gasteiger partial charge on any atom is -0.375 e. The fourth-order valence-corrected chi connectivity index (χ4v) is 2.13. The van der Waals surface area contributed by atoms with Gasteiger partial charge in [0.1, 0.15) is 0 Å². The molecule has 0 aliphatic carbocycles. The Hall–Kier alpha value is -0.0800. The van der Waals surface area contributed by atoms with Crippen LogP contribution in [0.5, 0.6) is 0 Å². The summed E-state index contributed by atoms with van der Waals surface area (Å²) >= 11 is 0. The van der Waals surface area contributed by atoms with Crippen LogP contribution in [0.2, 0.25) is 0 Å². The Bertz CT molecular complexity index is 165. The fraction of sp³-hybridized carbons (Fsp3) is 1.00. The van der Waals surface area contributed by atoms with Crippen LogP contribution in [0, 0.1) is 5.41 Å². The summed E-state index contributed by atoms with van der Waals surface area (Å²) in [6, 6.07) is 0. The first-order chi connectivity index (χ1) is 5.67. The Morgan fingerprint density at radius 3 is 2.83 bits per heavy atom. The summed E-state index contributed by atoms with van der Waals surface area (Å²) < 4.78 is 11.5. The van der Waals surface area contributed by atoms with Gasteiger partial charge in [-0.3, -0.25) is 0 Å². The van der Waals surface area contributed by atoms with Gasteiger partial charge in [-0.1, -0.05) is 13.8 Å². The molecule has 2 aliphatic heterocycles. The van der Waals surface area contributed by atoms with Crippen molar-refractivity contribution in [3.8, 4) is 0 Å². The normalized spacial score (nSPS) is 40.5. The molecule has 2 heteroatoms. The molecule has 2 atom stereocenters. The Labute approximate surface area is 74.2 Å². The molecule has 12 heavy (non-hydrogen) atoms. The van der Waals surface area contributed by atoms with Crippen molar-refractivity contribution in [2.45, 2.75) is 45.3 Å². The quantitative estimate of drug-likeness (QED) is 0.553. The molecule has 2 nitrogen and oxygen atoms in total. The SMILES string of the molecule is CC1(C)CO[C@H]2CCCO[C@H]2C1. The number of hydrogen-bond acceptors (Lipinski definition) is 2. The van der Waals surface area contributed by atoms with Gasteiger partial charge in [-0.2, -0.15) is 0 Å². The molecule has 0 aromatic carbocycles. The van der Waals surface area contributed by atoms with Crippen LogP contribution in [0.3, 0.4) is 0 Å². The number of hydrogen-bond donors (Lipinski definition) is 0. The molecule has 0 N–H and O–H groups in total. The standard InChI is InChI=1S/C10H18O2/c1-10(2)6-9-8(12-7-10)4-3-5-11-9/h8-9H,3-7H2,1-2H3/t8-,9-/m0/s1. The maximum atomic E-state index is 5.77. The zero-order chi connectivity index (χ0) is 8.60. The van der Waals surface area contributed by atoms with Crippen LogP contribution in [0.15, 0.2) is 0 Å². The second-order valence-corrected chi connectivity index (χ2v) is 4.77. The lowest BCUT2D eigenvalue weighted by atomic mass is 9.82. The molecule has 70 valence electrons. The molecule has 0 saturated carbocycles. The minimum absolute atomic E-state index is 0.318. The van der Waals surface area contributed by atoms with E-state index in [1.54, 1.807) is 0 Å². The summed E-state index contributed by atoms with van der Waals surface area (Å²) in [7, 11) is 0. The van der Waals surface area contributed by atoms with Gasteiger partial charge >= 0.3 is 0 Å². The summed E-state index contributed by atoms with van der Waals surface area (Å²) in [5.74, 6) is 0. The predicted octanol–water partition coefficient (Wildman–Crippen LogP) is 1.98. The highest BCUT2D eigenvalue weighted by molar-refractivity contribution is 4.86. The van der Waals surface area contributed by atoms with Gasteiger partial charge in [0.25, 0.3) is 0 Å². The number of ether oxygens (including phenoxy) is 2. The van der Waals surface area contributed by atoms with Crippen molar-refractivity contribution >= 4 is 0 Å². The van der Waals surface area contributed by atoms with E-state index in [0.717, 1.165) is 19.6 Å². The van der Waals surface area contributed by atoms with Crippen LogP contribution >= 0.6 is 0 Å². The van der Waals surface area contributed by atoms with Gasteiger partial charge in [0.15, 0.2) is 0 Å². The van der Waals surface area contributed by atoms with Crippen molar-refractivity contribution in [1.29, 1.82) is 0 Å². The smallest absolute Gasteiger partial charge is 0.0842 e. The topological polar surface area (TPSA) is 18.5 Å². The molecule has 0 radical (unpaired) electrons. The molecule has 2 rings (SSSR count). The summed E-state index contributed by atoms with van der Waals surface area (Å²) in [6.07, 6.45) is 4.30. The molecule has 2 aliphatic rings. The Balaban J connectivity index is 1.99. The maximum absolute atomic E-state index is 5.77. The zero-order valence-corrected chi connectivity index (χ0v) is 8.01. The van der Waals surface area contributed by atoms with Crippen molar-refractivity contribution in [2.24, 2.45) is 5.41 Å². The van der Waals surface area contributed by atoms with Crippen molar-refractivity contribution in [1.82, 2.24) is 0 Å². The molecule has 0 amide bonds. The molecule has 2 saturated heterocycles. The van der Waals surface area contributed by atoms with Crippen molar-refractivity contribution in [3.05, 3.63) is 0 Å². The zero-order valence-electron chi connectivity index (χ0n) is 8.01. The number of fused-ring (bicyclic) bond motifs is 1. The van der Waals surface area contributed by atoms with Gasteiger partial charge in [-0.05, 0) is 24.7 Å². The first-order valence-corrected chi connectivity index (χ1v) is 4.91. The van der Waals surface area contributed by atoms with E-state index in [0.29, 0.717) is 17.6 Å². The third kappa shape index (κ3) is 1.64. The third-order valence-corrected chi connectivity index (χ3v) is 2.82. The van der Waals surface area contributed by atoms with Gasteiger partial charge in [0.05, 0.1) is 18.8 Å². The van der Waals surface area contributed by atoms with E-state index in [2.05, 4.69) is 13.8 Å². The van der Waals surface area contributed by atoms with Gasteiger partial charge in [0, 0.05) is 6.61 Å². The minimum atomic E-state index is 0.318. The summed E-state index contributed by atoms with van der Waals surface area (Å²) in [5.41, 5.74) is 0.318. The molecule has 2 fully saturated rings. The molecular formula is C10H18O2. The maximum Gasteiger partial charge on any atom is 0.0842 e. The first kappa shape index (κ1) is 8.52. The largest absolute Gasteiger partial charge is 0.375 e. The Morgan fingerprint density at radius 2 is 2.00 bits per heavy atom. The monoisotopic (exact) mass is 170 g/mol. The average Bonchev–Trinajstić information content (AvgIpc) is 2.02. The molecule has 0 aromatic rings. The molecule has 0 bridgehead atoms. The highest BCUT2D eigenvalue weighted by Gasteiger charge is 2.37. The van der Waals surface area contributed by atoms with Crippen LogP contribution < -0.4 is 0 Å². The summed E-state index contributed by atoms with van der Waals surface area (Å²) in [5, 5.41) is 0. The molecule has 0 unspecified atom stereocenters.